The number of anilines is 1. The number of hydrogen-bond acceptors (Lipinski definition) is 5. The normalized spacial score (nSPS) is 12.7. The van der Waals surface area contributed by atoms with Gasteiger partial charge >= 0.3 is 0 Å². The van der Waals surface area contributed by atoms with Gasteiger partial charge in [0.05, 0.1) is 18.0 Å². The lowest BCUT2D eigenvalue weighted by Crippen LogP contribution is -2.05. The van der Waals surface area contributed by atoms with E-state index in [1.807, 2.05) is 25.6 Å². The van der Waals surface area contributed by atoms with Crippen molar-refractivity contribution in [3.63, 3.8) is 0 Å². The molecule has 6 nitrogen and oxygen atoms in total. The second-order valence-electron chi connectivity index (χ2n) is 7.73. The summed E-state index contributed by atoms with van der Waals surface area (Å²) in [6.07, 6.45) is 4.01. The first-order valence-electron chi connectivity index (χ1n) is 10.0. The van der Waals surface area contributed by atoms with Gasteiger partial charge in [0.2, 0.25) is 0 Å². The number of rotatable bonds is 7. The van der Waals surface area contributed by atoms with Crippen molar-refractivity contribution in [3.05, 3.63) is 35.3 Å². The van der Waals surface area contributed by atoms with E-state index in [4.69, 9.17) is 15.0 Å². The Hall–Kier alpha value is -2.47. The number of fused-ring (bicyclic) bond motifs is 1. The molecule has 2 N–H and O–H groups in total. The number of nitrogens with one attached hydrogen (secondary N) is 1. The molecular weight excluding hydrogens is 350 g/mol. The highest BCUT2D eigenvalue weighted by molar-refractivity contribution is 5.82. The van der Waals surface area contributed by atoms with Gasteiger partial charge in [0.1, 0.15) is 11.3 Å². The van der Waals surface area contributed by atoms with E-state index < -0.39 is 0 Å². The third kappa shape index (κ3) is 3.61. The van der Waals surface area contributed by atoms with Crippen LogP contribution in [0.5, 0.6) is 0 Å². The summed E-state index contributed by atoms with van der Waals surface area (Å²) in [6.45, 7) is 8.52. The first-order valence-corrected chi connectivity index (χ1v) is 10.0. The van der Waals surface area contributed by atoms with Crippen molar-refractivity contribution in [1.29, 1.82) is 0 Å². The lowest BCUT2D eigenvalue weighted by molar-refractivity contribution is 0.259. The SMILES string of the molecule is CCC[C@H](CO)c1cn(C)c2nc(-c3ccc(C(C)C)nc3NC)c(C)nc12. The molecule has 3 rings (SSSR count). The van der Waals surface area contributed by atoms with Crippen LogP contribution in [0.25, 0.3) is 22.4 Å². The third-order valence-corrected chi connectivity index (χ3v) is 5.29. The molecule has 3 aromatic heterocycles. The van der Waals surface area contributed by atoms with E-state index >= 15 is 0 Å². The van der Waals surface area contributed by atoms with Crippen LogP contribution < -0.4 is 5.32 Å². The smallest absolute Gasteiger partial charge is 0.159 e. The lowest BCUT2D eigenvalue weighted by Gasteiger charge is -2.14. The zero-order valence-electron chi connectivity index (χ0n) is 17.7. The summed E-state index contributed by atoms with van der Waals surface area (Å²) in [5.41, 5.74) is 6.49. The molecule has 0 unspecified atom stereocenters. The molecule has 3 heterocycles. The fourth-order valence-electron chi connectivity index (χ4n) is 3.71. The van der Waals surface area contributed by atoms with E-state index in [0.29, 0.717) is 5.92 Å². The van der Waals surface area contributed by atoms with Crippen LogP contribution in [0.15, 0.2) is 18.3 Å². The summed E-state index contributed by atoms with van der Waals surface area (Å²) in [4.78, 5) is 14.6. The molecule has 0 saturated heterocycles. The molecule has 0 aliphatic heterocycles. The van der Waals surface area contributed by atoms with Gasteiger partial charge in [-0.2, -0.15) is 0 Å². The highest BCUT2D eigenvalue weighted by Gasteiger charge is 2.21. The van der Waals surface area contributed by atoms with Crippen LogP contribution in [0.1, 0.15) is 62.4 Å². The minimum Gasteiger partial charge on any atom is -0.396 e. The monoisotopic (exact) mass is 381 g/mol. The number of hydrogen-bond donors (Lipinski definition) is 2. The number of aryl methyl sites for hydroxylation is 2. The molecule has 3 aromatic rings. The lowest BCUT2D eigenvalue weighted by atomic mass is 9.97. The Labute approximate surface area is 167 Å². The van der Waals surface area contributed by atoms with Gasteiger partial charge in [0, 0.05) is 43.0 Å². The van der Waals surface area contributed by atoms with E-state index in [-0.39, 0.29) is 12.5 Å². The summed E-state index contributed by atoms with van der Waals surface area (Å²) >= 11 is 0. The van der Waals surface area contributed by atoms with E-state index in [1.165, 1.54) is 0 Å². The molecule has 0 aromatic carbocycles. The summed E-state index contributed by atoms with van der Waals surface area (Å²) in [5.74, 6) is 1.27. The van der Waals surface area contributed by atoms with Crippen molar-refractivity contribution in [3.8, 4) is 11.3 Å². The standard InChI is InChI=1S/C22H31N5O/c1-7-8-15(12-28)17-11-27(6)22-20(17)24-14(4)19(26-22)16-9-10-18(13(2)3)25-21(16)23-5/h9-11,13,15,28H,7-8,12H2,1-6H3,(H,23,25)/t15-/m1/s1. The molecule has 0 aliphatic carbocycles. The van der Waals surface area contributed by atoms with E-state index in [9.17, 15) is 5.11 Å². The number of pyridine rings is 1. The summed E-state index contributed by atoms with van der Waals surface area (Å²) < 4.78 is 2.01. The van der Waals surface area contributed by atoms with Gasteiger partial charge in [0.15, 0.2) is 5.65 Å². The zero-order valence-corrected chi connectivity index (χ0v) is 17.7. The second kappa shape index (κ2) is 8.27. The predicted octanol–water partition coefficient (Wildman–Crippen LogP) is 4.38. The first-order chi connectivity index (χ1) is 13.4. The number of nitrogens with zero attached hydrogens (tertiary/aromatic N) is 4. The molecular formula is C22H31N5O. The predicted molar refractivity (Wildman–Crippen MR) is 115 cm³/mol. The average Bonchev–Trinajstić information content (AvgIpc) is 3.00. The van der Waals surface area contributed by atoms with Gasteiger partial charge in [-0.1, -0.05) is 27.2 Å². The molecule has 0 amide bonds. The number of aromatic nitrogens is 4. The Kier molecular flexibility index (Phi) is 5.98. The number of aliphatic hydroxyl groups is 1. The van der Waals surface area contributed by atoms with Crippen molar-refractivity contribution in [2.75, 3.05) is 19.0 Å². The van der Waals surface area contributed by atoms with E-state index in [2.05, 4.69) is 44.4 Å². The topological polar surface area (TPSA) is 75.9 Å². The van der Waals surface area contributed by atoms with Crippen LogP contribution in [-0.2, 0) is 7.05 Å². The molecule has 0 spiro atoms. The van der Waals surface area contributed by atoms with E-state index in [0.717, 1.165) is 58.0 Å². The summed E-state index contributed by atoms with van der Waals surface area (Å²) in [6, 6.07) is 4.14. The minimum absolute atomic E-state index is 0.0908. The average molecular weight is 382 g/mol. The second-order valence-corrected chi connectivity index (χ2v) is 7.73. The molecule has 0 aliphatic rings. The maximum Gasteiger partial charge on any atom is 0.159 e. The van der Waals surface area contributed by atoms with Gasteiger partial charge < -0.3 is 15.0 Å². The van der Waals surface area contributed by atoms with Crippen LogP contribution >= 0.6 is 0 Å². The Morgan fingerprint density at radius 2 is 1.93 bits per heavy atom. The molecule has 0 bridgehead atoms. The Morgan fingerprint density at radius 1 is 1.18 bits per heavy atom. The van der Waals surface area contributed by atoms with Gasteiger partial charge in [-0.25, -0.2) is 15.0 Å². The highest BCUT2D eigenvalue weighted by atomic mass is 16.3. The van der Waals surface area contributed by atoms with Crippen molar-refractivity contribution in [1.82, 2.24) is 19.5 Å². The largest absolute Gasteiger partial charge is 0.396 e. The molecule has 0 saturated carbocycles. The molecule has 150 valence electrons. The van der Waals surface area contributed by atoms with Gasteiger partial charge in [-0.15, -0.1) is 0 Å². The first kappa shape index (κ1) is 20.3. The van der Waals surface area contributed by atoms with Gasteiger partial charge in [0.25, 0.3) is 0 Å². The van der Waals surface area contributed by atoms with Crippen LogP contribution in [0.2, 0.25) is 0 Å². The maximum absolute atomic E-state index is 9.85. The van der Waals surface area contributed by atoms with Crippen molar-refractivity contribution >= 4 is 17.0 Å². The van der Waals surface area contributed by atoms with Crippen LogP contribution in [0, 0.1) is 6.92 Å². The van der Waals surface area contributed by atoms with Crippen molar-refractivity contribution in [2.45, 2.75) is 52.4 Å². The third-order valence-electron chi connectivity index (χ3n) is 5.29. The van der Waals surface area contributed by atoms with Crippen LogP contribution in [-0.4, -0.2) is 38.3 Å². The fraction of sp³-hybridized carbons (Fsp3) is 0.500. The van der Waals surface area contributed by atoms with E-state index in [1.54, 1.807) is 0 Å². The molecule has 1 atom stereocenters. The molecule has 0 radical (unpaired) electrons. The minimum atomic E-state index is 0.0908. The van der Waals surface area contributed by atoms with Gasteiger partial charge in [-0.3, -0.25) is 0 Å². The maximum atomic E-state index is 9.85. The Balaban J connectivity index is 2.17. The number of aliphatic hydroxyl groups excluding tert-OH is 1. The van der Waals surface area contributed by atoms with Crippen LogP contribution in [0.3, 0.4) is 0 Å². The van der Waals surface area contributed by atoms with Crippen molar-refractivity contribution in [2.24, 2.45) is 7.05 Å². The Bertz CT molecular complexity index is 977. The van der Waals surface area contributed by atoms with Crippen LogP contribution in [0.4, 0.5) is 5.82 Å². The van der Waals surface area contributed by atoms with Crippen molar-refractivity contribution < 1.29 is 5.11 Å². The Morgan fingerprint density at radius 3 is 2.54 bits per heavy atom. The zero-order chi connectivity index (χ0) is 20.4. The highest BCUT2D eigenvalue weighted by Crippen LogP contribution is 2.33. The summed E-state index contributed by atoms with van der Waals surface area (Å²) in [7, 11) is 3.87. The molecule has 0 fully saturated rings. The molecule has 28 heavy (non-hydrogen) atoms. The summed E-state index contributed by atoms with van der Waals surface area (Å²) in [5, 5.41) is 13.1. The fourth-order valence-corrected chi connectivity index (χ4v) is 3.71. The quantitative estimate of drug-likeness (QED) is 0.635. The van der Waals surface area contributed by atoms with Gasteiger partial charge in [-0.05, 0) is 31.4 Å². The molecule has 6 heteroatoms.